The van der Waals surface area contributed by atoms with Crippen LogP contribution >= 0.6 is 0 Å². The first-order chi connectivity index (χ1) is 13.2. The van der Waals surface area contributed by atoms with Crippen LogP contribution in [0.25, 0.3) is 0 Å². The van der Waals surface area contributed by atoms with Crippen LogP contribution in [0, 0.1) is 0 Å². The zero-order valence-electron chi connectivity index (χ0n) is 16.3. The highest BCUT2D eigenvalue weighted by Crippen LogP contribution is 2.30. The maximum absolute atomic E-state index is 13.1. The lowest BCUT2D eigenvalue weighted by molar-refractivity contribution is -0.128. The molecular formula is C22H33N3O2. The first-order valence-corrected chi connectivity index (χ1v) is 10.6. The van der Waals surface area contributed by atoms with Gasteiger partial charge < -0.3 is 16.0 Å². The minimum absolute atomic E-state index is 0.0143. The van der Waals surface area contributed by atoms with E-state index in [2.05, 4.69) is 16.0 Å². The molecule has 0 aromatic heterocycles. The number of carbonyl (C=O) groups is 2. The molecule has 2 saturated carbocycles. The van der Waals surface area contributed by atoms with Gasteiger partial charge in [0.05, 0.1) is 0 Å². The van der Waals surface area contributed by atoms with Crippen molar-refractivity contribution in [3.8, 4) is 0 Å². The topological polar surface area (TPSA) is 70.2 Å². The van der Waals surface area contributed by atoms with Crippen molar-refractivity contribution < 1.29 is 9.59 Å². The van der Waals surface area contributed by atoms with Crippen LogP contribution in [-0.4, -0.2) is 23.5 Å². The van der Waals surface area contributed by atoms with Gasteiger partial charge in [-0.25, -0.2) is 4.79 Å². The van der Waals surface area contributed by atoms with E-state index in [1.54, 1.807) is 0 Å². The quantitative estimate of drug-likeness (QED) is 0.731. The second kappa shape index (κ2) is 9.77. The molecule has 27 heavy (non-hydrogen) atoms. The van der Waals surface area contributed by atoms with Gasteiger partial charge in [0.2, 0.25) is 5.91 Å². The summed E-state index contributed by atoms with van der Waals surface area (Å²) in [6.45, 7) is 0.465. The molecule has 5 nitrogen and oxygen atoms in total. The molecule has 2 aliphatic carbocycles. The lowest BCUT2D eigenvalue weighted by Crippen LogP contribution is -2.60. The molecular weight excluding hydrogens is 338 g/mol. The van der Waals surface area contributed by atoms with Gasteiger partial charge in [0.1, 0.15) is 5.54 Å². The third-order valence-electron chi connectivity index (χ3n) is 5.98. The van der Waals surface area contributed by atoms with Gasteiger partial charge in [-0.2, -0.15) is 0 Å². The standard InChI is InChI=1S/C22H33N3O2/c26-20(24-19-13-7-2-1-3-8-14-19)22(15-9-10-16-22)25-21(27)23-17-18-11-5-4-6-12-18/h4-6,11-12,19H,1-3,7-10,13-17H2,(H,24,26)(H2,23,25,27). The van der Waals surface area contributed by atoms with E-state index >= 15 is 0 Å². The average molecular weight is 372 g/mol. The normalized spacial score (nSPS) is 20.3. The van der Waals surface area contributed by atoms with Crippen molar-refractivity contribution in [2.45, 2.75) is 88.8 Å². The number of rotatable bonds is 5. The Morgan fingerprint density at radius 3 is 2.19 bits per heavy atom. The second-order valence-corrected chi connectivity index (χ2v) is 8.10. The summed E-state index contributed by atoms with van der Waals surface area (Å²) in [7, 11) is 0. The Bertz CT molecular complexity index is 603. The predicted octanol–water partition coefficient (Wildman–Crippen LogP) is 4.03. The minimum Gasteiger partial charge on any atom is -0.351 e. The van der Waals surface area contributed by atoms with Crippen molar-refractivity contribution in [2.24, 2.45) is 0 Å². The summed E-state index contributed by atoms with van der Waals surface area (Å²) in [6.07, 6.45) is 11.7. The van der Waals surface area contributed by atoms with Gasteiger partial charge in [-0.3, -0.25) is 4.79 Å². The number of hydrogen-bond acceptors (Lipinski definition) is 2. The summed E-state index contributed by atoms with van der Waals surface area (Å²) < 4.78 is 0. The van der Waals surface area contributed by atoms with E-state index in [9.17, 15) is 9.59 Å². The molecule has 0 unspecified atom stereocenters. The maximum atomic E-state index is 13.1. The van der Waals surface area contributed by atoms with Crippen molar-refractivity contribution in [1.82, 2.24) is 16.0 Å². The van der Waals surface area contributed by atoms with E-state index < -0.39 is 5.54 Å². The SMILES string of the molecule is O=C(NCc1ccccc1)NC1(C(=O)NC2CCCCCCC2)CCCC1. The van der Waals surface area contributed by atoms with Crippen LogP contribution in [0.15, 0.2) is 30.3 Å². The van der Waals surface area contributed by atoms with Gasteiger partial charge in [0.25, 0.3) is 0 Å². The van der Waals surface area contributed by atoms with Crippen molar-refractivity contribution in [3.05, 3.63) is 35.9 Å². The molecule has 148 valence electrons. The predicted molar refractivity (Wildman–Crippen MR) is 107 cm³/mol. The molecule has 3 amide bonds. The van der Waals surface area contributed by atoms with Crippen LogP contribution in [0.1, 0.15) is 76.2 Å². The first-order valence-electron chi connectivity index (χ1n) is 10.6. The Labute approximate surface area is 162 Å². The van der Waals surface area contributed by atoms with Gasteiger partial charge in [-0.15, -0.1) is 0 Å². The largest absolute Gasteiger partial charge is 0.351 e. The van der Waals surface area contributed by atoms with Crippen molar-refractivity contribution >= 4 is 11.9 Å². The number of carbonyl (C=O) groups excluding carboxylic acids is 2. The Hall–Kier alpha value is -2.04. The number of amides is 3. The van der Waals surface area contributed by atoms with Gasteiger partial charge in [-0.1, -0.05) is 75.3 Å². The lowest BCUT2D eigenvalue weighted by atomic mass is 9.93. The fraction of sp³-hybridized carbons (Fsp3) is 0.636. The minimum atomic E-state index is -0.747. The van der Waals surface area contributed by atoms with E-state index in [0.29, 0.717) is 6.54 Å². The zero-order chi connectivity index (χ0) is 19.0. The van der Waals surface area contributed by atoms with Crippen LogP contribution in [0.4, 0.5) is 4.79 Å². The van der Waals surface area contributed by atoms with E-state index in [0.717, 1.165) is 44.1 Å². The van der Waals surface area contributed by atoms with Gasteiger partial charge >= 0.3 is 6.03 Å². The molecule has 1 aromatic rings. The number of urea groups is 1. The van der Waals surface area contributed by atoms with Crippen molar-refractivity contribution in [2.75, 3.05) is 0 Å². The molecule has 1 aromatic carbocycles. The molecule has 2 aliphatic rings. The molecule has 0 heterocycles. The van der Waals surface area contributed by atoms with Crippen LogP contribution in [0.2, 0.25) is 0 Å². The monoisotopic (exact) mass is 371 g/mol. The summed E-state index contributed by atoms with van der Waals surface area (Å²) >= 11 is 0. The van der Waals surface area contributed by atoms with Crippen molar-refractivity contribution in [1.29, 1.82) is 0 Å². The lowest BCUT2D eigenvalue weighted by Gasteiger charge is -2.32. The Morgan fingerprint density at radius 2 is 1.52 bits per heavy atom. The highest BCUT2D eigenvalue weighted by atomic mass is 16.2. The molecule has 3 N–H and O–H groups in total. The first kappa shape index (κ1) is 19.7. The fourth-order valence-electron chi connectivity index (χ4n) is 4.35. The highest BCUT2D eigenvalue weighted by Gasteiger charge is 2.43. The zero-order valence-corrected chi connectivity index (χ0v) is 16.3. The third kappa shape index (κ3) is 5.72. The number of hydrogen-bond donors (Lipinski definition) is 3. The molecule has 3 rings (SSSR count). The molecule has 0 bridgehead atoms. The molecule has 5 heteroatoms. The molecule has 0 aliphatic heterocycles. The van der Waals surface area contributed by atoms with E-state index in [-0.39, 0.29) is 18.0 Å². The molecule has 0 spiro atoms. The second-order valence-electron chi connectivity index (χ2n) is 8.10. The summed E-state index contributed by atoms with van der Waals surface area (Å²) in [5.41, 5.74) is 0.301. The average Bonchev–Trinajstić information content (AvgIpc) is 3.12. The maximum Gasteiger partial charge on any atom is 0.315 e. The Morgan fingerprint density at radius 1 is 0.889 bits per heavy atom. The molecule has 2 fully saturated rings. The van der Waals surface area contributed by atoms with Gasteiger partial charge in [-0.05, 0) is 31.2 Å². The number of benzene rings is 1. The number of nitrogens with one attached hydrogen (secondary N) is 3. The summed E-state index contributed by atoms with van der Waals surface area (Å²) in [6, 6.07) is 9.82. The van der Waals surface area contributed by atoms with E-state index in [1.165, 1.54) is 32.1 Å². The van der Waals surface area contributed by atoms with Crippen LogP contribution in [0.5, 0.6) is 0 Å². The van der Waals surface area contributed by atoms with Gasteiger partial charge in [0.15, 0.2) is 0 Å². The molecule has 0 radical (unpaired) electrons. The Kier molecular flexibility index (Phi) is 7.13. The molecule has 0 saturated heterocycles. The van der Waals surface area contributed by atoms with E-state index in [4.69, 9.17) is 0 Å². The highest BCUT2D eigenvalue weighted by molar-refractivity contribution is 5.91. The van der Waals surface area contributed by atoms with E-state index in [1.807, 2.05) is 30.3 Å². The van der Waals surface area contributed by atoms with Gasteiger partial charge in [0, 0.05) is 12.6 Å². The summed E-state index contributed by atoms with van der Waals surface area (Å²) in [4.78, 5) is 25.6. The summed E-state index contributed by atoms with van der Waals surface area (Å²) in [5, 5.41) is 9.18. The van der Waals surface area contributed by atoms with Crippen LogP contribution < -0.4 is 16.0 Å². The smallest absolute Gasteiger partial charge is 0.315 e. The van der Waals surface area contributed by atoms with Crippen LogP contribution in [-0.2, 0) is 11.3 Å². The third-order valence-corrected chi connectivity index (χ3v) is 5.98. The molecule has 0 atom stereocenters. The van der Waals surface area contributed by atoms with Crippen molar-refractivity contribution in [3.63, 3.8) is 0 Å². The Balaban J connectivity index is 1.55. The summed E-state index contributed by atoms with van der Waals surface area (Å²) in [5.74, 6) is 0.0143. The fourth-order valence-corrected chi connectivity index (χ4v) is 4.35. The van der Waals surface area contributed by atoms with Crippen LogP contribution in [0.3, 0.4) is 0 Å².